The monoisotopic (exact) mass is 425 g/mol. The zero-order chi connectivity index (χ0) is 19.4. The van der Waals surface area contributed by atoms with Crippen LogP contribution < -0.4 is 10.9 Å². The number of carbonyl (C=O) groups excluding carboxylic acids is 1. The highest BCUT2D eigenvalue weighted by Gasteiger charge is 2.40. The smallest absolute Gasteiger partial charge is 0.279 e. The molecule has 0 aliphatic rings. The molecule has 0 unspecified atom stereocenters. The van der Waals surface area contributed by atoms with Crippen LogP contribution in [-0.4, -0.2) is 16.0 Å². The minimum atomic E-state index is -1.85. The molecule has 0 saturated carbocycles. The maximum Gasteiger partial charge on any atom is 0.279 e. The number of pyridine rings is 1. The number of nitrogens with zero attached hydrogens (tertiary/aromatic N) is 1. The highest BCUT2D eigenvalue weighted by Crippen LogP contribution is 2.31. The number of aliphatic hydroxyl groups is 1. The van der Waals surface area contributed by atoms with E-state index < -0.39 is 11.5 Å². The Morgan fingerprint density at radius 1 is 1.00 bits per heavy atom. The number of halogens is 1. The topological polar surface area (TPSA) is 74.2 Å². The van der Waals surface area contributed by atoms with E-state index in [0.29, 0.717) is 16.9 Å². The van der Waals surface area contributed by atoms with Crippen molar-refractivity contribution in [1.82, 2.24) is 10.4 Å². The van der Waals surface area contributed by atoms with Crippen molar-refractivity contribution in [3.63, 3.8) is 0 Å². The third-order valence-corrected chi connectivity index (χ3v) is 4.70. The molecular formula is C21H20BrN3O2. The fourth-order valence-corrected chi connectivity index (χ4v) is 3.06. The van der Waals surface area contributed by atoms with E-state index in [9.17, 15) is 9.90 Å². The molecule has 1 heterocycles. The summed E-state index contributed by atoms with van der Waals surface area (Å²) in [5, 5.41) is 11.5. The standard InChI is InChI=1S/C21H20BrN3O2/c1-14-5-3-7-16(11-14)21(27,17-8-4-6-15(2)12-17)20(26)25-24-19-10-9-18(22)13-23-19/h3-13,27H,1-2H3,(H,23,24)(H,25,26). The molecule has 0 fully saturated rings. The number of hydrazine groups is 1. The SMILES string of the molecule is Cc1cccc(C(O)(C(=O)NNc2ccc(Br)cn2)c2cccc(C)c2)c1. The number of carbonyl (C=O) groups is 1. The Bertz CT molecular complexity index is 912. The number of hydrogen-bond acceptors (Lipinski definition) is 4. The molecule has 138 valence electrons. The third kappa shape index (κ3) is 4.18. The Morgan fingerprint density at radius 3 is 2.07 bits per heavy atom. The van der Waals surface area contributed by atoms with Gasteiger partial charge in [-0.25, -0.2) is 4.98 Å². The molecule has 3 N–H and O–H groups in total. The van der Waals surface area contributed by atoms with Gasteiger partial charge >= 0.3 is 0 Å². The Kier molecular flexibility index (Phi) is 5.58. The summed E-state index contributed by atoms with van der Waals surface area (Å²) in [6.45, 7) is 3.84. The van der Waals surface area contributed by atoms with Crippen LogP contribution in [0.25, 0.3) is 0 Å². The average Bonchev–Trinajstić information content (AvgIpc) is 2.66. The van der Waals surface area contributed by atoms with Crippen LogP contribution in [0.3, 0.4) is 0 Å². The fraction of sp³-hybridized carbons (Fsp3) is 0.143. The van der Waals surface area contributed by atoms with Crippen LogP contribution in [0.2, 0.25) is 0 Å². The van der Waals surface area contributed by atoms with Gasteiger partial charge in [-0.1, -0.05) is 59.7 Å². The third-order valence-electron chi connectivity index (χ3n) is 4.23. The molecule has 0 aliphatic carbocycles. The van der Waals surface area contributed by atoms with Crippen LogP contribution in [0.15, 0.2) is 71.3 Å². The van der Waals surface area contributed by atoms with Gasteiger partial charge in [0.15, 0.2) is 5.60 Å². The highest BCUT2D eigenvalue weighted by atomic mass is 79.9. The first-order chi connectivity index (χ1) is 12.9. The van der Waals surface area contributed by atoms with Gasteiger partial charge in [0.25, 0.3) is 5.91 Å². The van der Waals surface area contributed by atoms with Gasteiger partial charge in [0, 0.05) is 10.7 Å². The van der Waals surface area contributed by atoms with Gasteiger partial charge in [-0.05, 0) is 53.0 Å². The van der Waals surface area contributed by atoms with Crippen LogP contribution in [0.1, 0.15) is 22.3 Å². The molecule has 0 saturated heterocycles. The number of benzene rings is 2. The van der Waals surface area contributed by atoms with E-state index in [4.69, 9.17) is 0 Å². The molecular weight excluding hydrogens is 406 g/mol. The normalized spacial score (nSPS) is 11.1. The summed E-state index contributed by atoms with van der Waals surface area (Å²) >= 11 is 3.31. The first-order valence-electron chi connectivity index (χ1n) is 8.44. The summed E-state index contributed by atoms with van der Waals surface area (Å²) in [6, 6.07) is 18.1. The van der Waals surface area contributed by atoms with Gasteiger partial charge in [0.2, 0.25) is 0 Å². The lowest BCUT2D eigenvalue weighted by molar-refractivity contribution is -0.136. The lowest BCUT2D eigenvalue weighted by Crippen LogP contribution is -2.47. The molecule has 3 rings (SSSR count). The van der Waals surface area contributed by atoms with Gasteiger partial charge in [-0.15, -0.1) is 0 Å². The predicted octanol–water partition coefficient (Wildman–Crippen LogP) is 3.84. The van der Waals surface area contributed by atoms with Gasteiger partial charge in [0.1, 0.15) is 5.82 Å². The summed E-state index contributed by atoms with van der Waals surface area (Å²) < 4.78 is 0.829. The maximum atomic E-state index is 13.1. The summed E-state index contributed by atoms with van der Waals surface area (Å²) in [4.78, 5) is 17.2. The Morgan fingerprint density at radius 2 is 1.59 bits per heavy atom. The van der Waals surface area contributed by atoms with Crippen molar-refractivity contribution >= 4 is 27.7 Å². The lowest BCUT2D eigenvalue weighted by Gasteiger charge is -2.28. The Hall–Kier alpha value is -2.70. The average molecular weight is 426 g/mol. The van der Waals surface area contributed by atoms with Crippen molar-refractivity contribution in [1.29, 1.82) is 0 Å². The number of aromatic nitrogens is 1. The molecule has 0 atom stereocenters. The second kappa shape index (κ2) is 7.90. The van der Waals surface area contributed by atoms with Gasteiger partial charge in [0.05, 0.1) is 0 Å². The minimum absolute atomic E-state index is 0.461. The summed E-state index contributed by atoms with van der Waals surface area (Å²) in [5.41, 5.74) is 6.38. The molecule has 5 nitrogen and oxygen atoms in total. The largest absolute Gasteiger partial charge is 0.372 e. The van der Waals surface area contributed by atoms with Crippen LogP contribution in [0.5, 0.6) is 0 Å². The van der Waals surface area contributed by atoms with E-state index in [2.05, 4.69) is 31.8 Å². The first-order valence-corrected chi connectivity index (χ1v) is 9.23. The molecule has 3 aromatic rings. The van der Waals surface area contributed by atoms with Crippen molar-refractivity contribution in [3.8, 4) is 0 Å². The van der Waals surface area contributed by atoms with Crippen molar-refractivity contribution in [2.24, 2.45) is 0 Å². The second-order valence-electron chi connectivity index (χ2n) is 6.39. The Labute approximate surface area is 166 Å². The number of hydrogen-bond donors (Lipinski definition) is 3. The van der Waals surface area contributed by atoms with Gasteiger partial charge < -0.3 is 5.11 Å². The van der Waals surface area contributed by atoms with E-state index in [1.807, 2.05) is 38.1 Å². The number of aryl methyl sites for hydroxylation is 2. The summed E-state index contributed by atoms with van der Waals surface area (Å²) in [5.74, 6) is -0.134. The maximum absolute atomic E-state index is 13.1. The summed E-state index contributed by atoms with van der Waals surface area (Å²) in [7, 11) is 0. The van der Waals surface area contributed by atoms with Gasteiger partial charge in [-0.2, -0.15) is 0 Å². The predicted molar refractivity (Wildman–Crippen MR) is 109 cm³/mol. The number of rotatable bonds is 5. The zero-order valence-electron chi connectivity index (χ0n) is 15.0. The molecule has 1 amide bonds. The lowest BCUT2D eigenvalue weighted by atomic mass is 9.84. The van der Waals surface area contributed by atoms with Crippen LogP contribution >= 0.6 is 15.9 Å². The Balaban J connectivity index is 1.96. The minimum Gasteiger partial charge on any atom is -0.372 e. The molecule has 0 spiro atoms. The molecule has 0 bridgehead atoms. The molecule has 0 radical (unpaired) electrons. The van der Waals surface area contributed by atoms with Gasteiger partial charge in [-0.3, -0.25) is 15.6 Å². The summed E-state index contributed by atoms with van der Waals surface area (Å²) in [6.07, 6.45) is 1.61. The van der Waals surface area contributed by atoms with E-state index >= 15 is 0 Å². The highest BCUT2D eigenvalue weighted by molar-refractivity contribution is 9.10. The second-order valence-corrected chi connectivity index (χ2v) is 7.31. The molecule has 27 heavy (non-hydrogen) atoms. The van der Waals surface area contributed by atoms with E-state index in [1.54, 1.807) is 42.6 Å². The van der Waals surface area contributed by atoms with E-state index in [-0.39, 0.29) is 0 Å². The van der Waals surface area contributed by atoms with Crippen molar-refractivity contribution in [3.05, 3.63) is 93.6 Å². The van der Waals surface area contributed by atoms with Crippen molar-refractivity contribution in [2.45, 2.75) is 19.4 Å². The van der Waals surface area contributed by atoms with Crippen molar-refractivity contribution in [2.75, 3.05) is 5.43 Å². The zero-order valence-corrected chi connectivity index (χ0v) is 16.6. The van der Waals surface area contributed by atoms with Crippen LogP contribution in [0.4, 0.5) is 5.82 Å². The first kappa shape index (κ1) is 19.1. The van der Waals surface area contributed by atoms with E-state index in [0.717, 1.165) is 15.6 Å². The van der Waals surface area contributed by atoms with Crippen LogP contribution in [-0.2, 0) is 10.4 Å². The number of amides is 1. The molecule has 6 heteroatoms. The quantitative estimate of drug-likeness (QED) is 0.542. The van der Waals surface area contributed by atoms with Crippen LogP contribution in [0, 0.1) is 13.8 Å². The molecule has 0 aliphatic heterocycles. The van der Waals surface area contributed by atoms with Crippen molar-refractivity contribution < 1.29 is 9.90 Å². The molecule has 2 aromatic carbocycles. The number of anilines is 1. The number of nitrogens with one attached hydrogen (secondary N) is 2. The fourth-order valence-electron chi connectivity index (χ4n) is 2.83. The molecule has 1 aromatic heterocycles. The van der Waals surface area contributed by atoms with E-state index in [1.165, 1.54) is 0 Å².